The van der Waals surface area contributed by atoms with E-state index in [9.17, 15) is 24.5 Å². The minimum Gasteiger partial charge on any atom is -0.493 e. The molecule has 44 heavy (non-hydrogen) atoms. The van der Waals surface area contributed by atoms with E-state index < -0.39 is 63.7 Å². The summed E-state index contributed by atoms with van der Waals surface area (Å²) in [6.45, 7) is 12.7. The zero-order chi connectivity index (χ0) is 33.0. The highest BCUT2D eigenvalue weighted by atomic mass is 16.7. The van der Waals surface area contributed by atoms with Crippen molar-refractivity contribution in [1.82, 2.24) is 15.0 Å². The number of aromatic nitrogens is 3. The molecule has 0 saturated carbocycles. The maximum atomic E-state index is 13.8. The SMILES string of the molecule is CCOCC(COCC)OC(=O)OC(C(C)C)n1nc(C(=O)OCC)c(C(=O)c2cc(OC(C)C)c(OC)cc2[N+](=O)[O-])n1. The molecule has 0 fully saturated rings. The molecule has 0 amide bonds. The third-order valence-corrected chi connectivity index (χ3v) is 5.69. The lowest BCUT2D eigenvalue weighted by Gasteiger charge is -2.22. The number of ketones is 1. The summed E-state index contributed by atoms with van der Waals surface area (Å²) in [4.78, 5) is 51.5. The van der Waals surface area contributed by atoms with Gasteiger partial charge in [-0.1, -0.05) is 13.8 Å². The molecule has 16 nitrogen and oxygen atoms in total. The Morgan fingerprint density at radius 2 is 1.52 bits per heavy atom. The number of rotatable bonds is 18. The Morgan fingerprint density at radius 1 is 0.909 bits per heavy atom. The van der Waals surface area contributed by atoms with Crippen LogP contribution in [-0.4, -0.2) is 90.2 Å². The van der Waals surface area contributed by atoms with E-state index in [1.165, 1.54) is 7.11 Å². The van der Waals surface area contributed by atoms with Crippen LogP contribution in [0.1, 0.15) is 81.2 Å². The maximum Gasteiger partial charge on any atom is 0.510 e. The topological polar surface area (TPSA) is 190 Å². The smallest absolute Gasteiger partial charge is 0.493 e. The van der Waals surface area contributed by atoms with Crippen LogP contribution in [0.3, 0.4) is 0 Å². The first kappa shape index (κ1) is 35.9. The van der Waals surface area contributed by atoms with E-state index >= 15 is 0 Å². The number of ether oxygens (including phenoxy) is 7. The van der Waals surface area contributed by atoms with Gasteiger partial charge in [-0.15, -0.1) is 15.0 Å². The highest BCUT2D eigenvalue weighted by Crippen LogP contribution is 2.36. The first-order chi connectivity index (χ1) is 20.9. The number of carbonyl (C=O) groups is 3. The average Bonchev–Trinajstić information content (AvgIpc) is 3.41. The molecule has 0 aliphatic carbocycles. The van der Waals surface area contributed by atoms with E-state index in [1.54, 1.807) is 48.5 Å². The number of methoxy groups -OCH3 is 1. The van der Waals surface area contributed by atoms with Crippen LogP contribution in [-0.2, 0) is 23.7 Å². The summed E-state index contributed by atoms with van der Waals surface area (Å²) in [7, 11) is 1.30. The Labute approximate surface area is 255 Å². The summed E-state index contributed by atoms with van der Waals surface area (Å²) < 4.78 is 37.5. The fourth-order valence-corrected chi connectivity index (χ4v) is 3.77. The molecule has 1 heterocycles. The Kier molecular flexibility index (Phi) is 13.9. The molecule has 0 N–H and O–H groups in total. The van der Waals surface area contributed by atoms with Crippen LogP contribution in [0.5, 0.6) is 11.5 Å². The molecule has 2 rings (SSSR count). The van der Waals surface area contributed by atoms with Crippen LogP contribution >= 0.6 is 0 Å². The largest absolute Gasteiger partial charge is 0.510 e. The van der Waals surface area contributed by atoms with Gasteiger partial charge in [0.25, 0.3) is 5.69 Å². The van der Waals surface area contributed by atoms with Crippen molar-refractivity contribution in [2.24, 2.45) is 5.92 Å². The van der Waals surface area contributed by atoms with Gasteiger partial charge >= 0.3 is 12.1 Å². The molecule has 244 valence electrons. The lowest BCUT2D eigenvalue weighted by molar-refractivity contribution is -0.385. The Bertz CT molecular complexity index is 1290. The van der Waals surface area contributed by atoms with E-state index in [1.807, 2.05) is 0 Å². The first-order valence-electron chi connectivity index (χ1n) is 14.1. The molecule has 0 bridgehead atoms. The van der Waals surface area contributed by atoms with Crippen molar-refractivity contribution < 1.29 is 52.5 Å². The normalized spacial score (nSPS) is 11.9. The van der Waals surface area contributed by atoms with Gasteiger partial charge in [-0.3, -0.25) is 14.9 Å². The van der Waals surface area contributed by atoms with Gasteiger partial charge in [0.2, 0.25) is 17.7 Å². The summed E-state index contributed by atoms with van der Waals surface area (Å²) in [5.41, 5.74) is -2.18. The lowest BCUT2D eigenvalue weighted by Crippen LogP contribution is -2.32. The van der Waals surface area contributed by atoms with Crippen molar-refractivity contribution in [3.8, 4) is 11.5 Å². The van der Waals surface area contributed by atoms with Crippen molar-refractivity contribution in [3.05, 3.63) is 39.2 Å². The molecule has 0 aliphatic heterocycles. The van der Waals surface area contributed by atoms with E-state index in [-0.39, 0.29) is 37.4 Å². The number of nitrogens with zero attached hydrogens (tertiary/aromatic N) is 4. The second-order valence-electron chi connectivity index (χ2n) is 9.77. The summed E-state index contributed by atoms with van der Waals surface area (Å²) in [6, 6.07) is 2.17. The highest BCUT2D eigenvalue weighted by molar-refractivity contribution is 6.14. The van der Waals surface area contributed by atoms with Crippen LogP contribution in [0.2, 0.25) is 0 Å². The van der Waals surface area contributed by atoms with Crippen LogP contribution in [0.25, 0.3) is 0 Å². The van der Waals surface area contributed by atoms with Crippen LogP contribution in [0.4, 0.5) is 10.5 Å². The molecule has 1 aromatic carbocycles. The quantitative estimate of drug-likeness (QED) is 0.0995. The number of nitro groups is 1. The summed E-state index contributed by atoms with van der Waals surface area (Å²) in [6.07, 6.45) is -3.50. The van der Waals surface area contributed by atoms with Gasteiger partial charge in [0, 0.05) is 25.2 Å². The second-order valence-corrected chi connectivity index (χ2v) is 9.77. The van der Waals surface area contributed by atoms with Gasteiger partial charge in [-0.2, -0.15) is 0 Å². The number of nitro benzene ring substituents is 1. The molecule has 2 aromatic rings. The van der Waals surface area contributed by atoms with Crippen molar-refractivity contribution in [2.75, 3.05) is 40.1 Å². The zero-order valence-corrected chi connectivity index (χ0v) is 26.2. The van der Waals surface area contributed by atoms with Gasteiger partial charge in [0.1, 0.15) is 5.56 Å². The Morgan fingerprint density at radius 3 is 2.02 bits per heavy atom. The molecule has 16 heteroatoms. The number of hydrogen-bond donors (Lipinski definition) is 0. The Hall–Kier alpha value is -4.31. The minimum absolute atomic E-state index is 0.0231. The van der Waals surface area contributed by atoms with Crippen LogP contribution in [0, 0.1) is 16.0 Å². The Balaban J connectivity index is 2.58. The minimum atomic E-state index is -1.26. The maximum absolute atomic E-state index is 13.8. The molecule has 1 unspecified atom stereocenters. The van der Waals surface area contributed by atoms with Gasteiger partial charge in [0.15, 0.2) is 23.3 Å². The number of carbonyl (C=O) groups excluding carboxylic acids is 3. The van der Waals surface area contributed by atoms with Crippen molar-refractivity contribution in [2.45, 2.75) is 66.9 Å². The van der Waals surface area contributed by atoms with E-state index in [0.717, 1.165) is 16.9 Å². The average molecular weight is 625 g/mol. The molecular formula is C28H40N4O12. The first-order valence-corrected chi connectivity index (χ1v) is 14.1. The van der Waals surface area contributed by atoms with Gasteiger partial charge in [-0.05, 0) is 34.6 Å². The van der Waals surface area contributed by atoms with Crippen molar-refractivity contribution >= 4 is 23.6 Å². The standard InChI is InChI=1S/C28H40N4O12/c1-9-39-14-18(15-40-10-2)43-28(35)44-26(16(4)5)31-29-23(24(30-31)27(34)41-11-3)25(33)19-12-22(42-17(6)7)21(38-8)13-20(19)32(36)37/h12-13,16-18,26H,9-11,14-15H2,1-8H3. The van der Waals surface area contributed by atoms with E-state index in [0.29, 0.717) is 13.2 Å². The zero-order valence-electron chi connectivity index (χ0n) is 26.2. The second kappa shape index (κ2) is 17.1. The monoisotopic (exact) mass is 624 g/mol. The summed E-state index contributed by atoms with van der Waals surface area (Å²) in [5, 5.41) is 20.2. The summed E-state index contributed by atoms with van der Waals surface area (Å²) in [5.74, 6) is -2.46. The predicted octanol–water partition coefficient (Wildman–Crippen LogP) is 4.14. The third-order valence-electron chi connectivity index (χ3n) is 5.69. The molecule has 0 aliphatic rings. The molecule has 0 spiro atoms. The molecule has 0 saturated heterocycles. The van der Waals surface area contributed by atoms with Gasteiger partial charge in [-0.25, -0.2) is 9.59 Å². The number of benzene rings is 1. The fourth-order valence-electron chi connectivity index (χ4n) is 3.77. The van der Waals surface area contributed by atoms with E-state index in [4.69, 9.17) is 33.2 Å². The number of esters is 1. The third kappa shape index (κ3) is 9.60. The lowest BCUT2D eigenvalue weighted by atomic mass is 10.0. The fraction of sp³-hybridized carbons (Fsp3) is 0.607. The van der Waals surface area contributed by atoms with Crippen molar-refractivity contribution in [3.63, 3.8) is 0 Å². The molecule has 0 radical (unpaired) electrons. The molecular weight excluding hydrogens is 584 g/mol. The van der Waals surface area contributed by atoms with Crippen LogP contribution < -0.4 is 9.47 Å². The predicted molar refractivity (Wildman–Crippen MR) is 153 cm³/mol. The summed E-state index contributed by atoms with van der Waals surface area (Å²) >= 11 is 0. The van der Waals surface area contributed by atoms with Crippen LogP contribution in [0.15, 0.2) is 12.1 Å². The number of hydrogen-bond acceptors (Lipinski definition) is 14. The van der Waals surface area contributed by atoms with Gasteiger partial charge < -0.3 is 33.2 Å². The van der Waals surface area contributed by atoms with Crippen molar-refractivity contribution in [1.29, 1.82) is 0 Å². The van der Waals surface area contributed by atoms with E-state index in [2.05, 4.69) is 10.2 Å². The molecule has 1 atom stereocenters. The molecule has 1 aromatic heterocycles. The van der Waals surface area contributed by atoms with Gasteiger partial charge in [0.05, 0.1) is 44.0 Å². The highest BCUT2D eigenvalue weighted by Gasteiger charge is 2.35.